The summed E-state index contributed by atoms with van der Waals surface area (Å²) in [5.41, 5.74) is -1.50. The van der Waals surface area contributed by atoms with Crippen LogP contribution in [0.3, 0.4) is 0 Å². The average Bonchev–Trinajstić information content (AvgIpc) is 3.25. The fourth-order valence-electron chi connectivity index (χ4n) is 4.54. The number of aromatic nitrogens is 2. The molecule has 34 heavy (non-hydrogen) atoms. The Morgan fingerprint density at radius 3 is 2.53 bits per heavy atom. The molecule has 180 valence electrons. The molecule has 1 aromatic heterocycles. The summed E-state index contributed by atoms with van der Waals surface area (Å²) in [4.78, 5) is 51.0. The molecule has 1 N–H and O–H groups in total. The smallest absolute Gasteiger partial charge is 0.330 e. The summed E-state index contributed by atoms with van der Waals surface area (Å²) in [6.45, 7) is 4.47. The monoisotopic (exact) mass is 470 g/mol. The number of fused-ring (bicyclic) bond motifs is 1. The van der Waals surface area contributed by atoms with E-state index >= 15 is 0 Å². The van der Waals surface area contributed by atoms with Crippen molar-refractivity contribution in [2.24, 2.45) is 5.92 Å². The van der Waals surface area contributed by atoms with Crippen LogP contribution in [0.5, 0.6) is 0 Å². The van der Waals surface area contributed by atoms with E-state index in [0.717, 1.165) is 10.1 Å². The fourth-order valence-corrected chi connectivity index (χ4v) is 4.54. The van der Waals surface area contributed by atoms with Crippen LogP contribution in [0.15, 0.2) is 58.3 Å². The highest BCUT2D eigenvalue weighted by molar-refractivity contribution is 5.68. The van der Waals surface area contributed by atoms with Crippen LogP contribution in [-0.4, -0.2) is 45.9 Å². The number of nitrogens with zero attached hydrogens (tertiary/aromatic N) is 1. The van der Waals surface area contributed by atoms with Crippen LogP contribution in [0.1, 0.15) is 31.2 Å². The van der Waals surface area contributed by atoms with E-state index in [0.29, 0.717) is 6.61 Å². The van der Waals surface area contributed by atoms with Crippen LogP contribution in [0, 0.1) is 12.8 Å². The van der Waals surface area contributed by atoms with Gasteiger partial charge in [-0.3, -0.25) is 23.9 Å². The Bertz CT molecular complexity index is 1220. The Balaban J connectivity index is 1.70. The van der Waals surface area contributed by atoms with Gasteiger partial charge in [0.2, 0.25) is 0 Å². The number of carbonyl (C=O) groups excluding carboxylic acids is 2. The predicted molar refractivity (Wildman–Crippen MR) is 119 cm³/mol. The number of hydrogen-bond acceptors (Lipinski definition) is 8. The highest BCUT2D eigenvalue weighted by Crippen LogP contribution is 2.50. The molecular weight excluding hydrogens is 444 g/mol. The number of nitrogens with one attached hydrogen (secondary N) is 1. The van der Waals surface area contributed by atoms with Crippen molar-refractivity contribution in [1.29, 1.82) is 0 Å². The van der Waals surface area contributed by atoms with Crippen LogP contribution in [0.2, 0.25) is 0 Å². The van der Waals surface area contributed by atoms with Gasteiger partial charge in [-0.05, 0) is 12.5 Å². The third-order valence-electron chi connectivity index (χ3n) is 5.97. The normalized spacial score (nSPS) is 27.4. The highest BCUT2D eigenvalue weighted by atomic mass is 16.7. The highest BCUT2D eigenvalue weighted by Gasteiger charge is 2.67. The van der Waals surface area contributed by atoms with Gasteiger partial charge in [0.1, 0.15) is 6.10 Å². The molecule has 2 heterocycles. The Kier molecular flexibility index (Phi) is 6.54. The van der Waals surface area contributed by atoms with E-state index in [4.69, 9.17) is 18.9 Å². The average molecular weight is 470 g/mol. The SMILES string of the molecule is CC(=O)O[C@H]1[C@H](n2cc(C)c(=O)[nH]c2=O)O[C@@H]2C=C[C@H](COCc3ccccc3)[C@@]21OC(C)=O. The zero-order chi connectivity index (χ0) is 24.5. The van der Waals surface area contributed by atoms with E-state index < -0.39 is 53.1 Å². The Morgan fingerprint density at radius 2 is 1.85 bits per heavy atom. The molecule has 0 bridgehead atoms. The summed E-state index contributed by atoms with van der Waals surface area (Å²) in [7, 11) is 0. The number of hydrogen-bond donors (Lipinski definition) is 1. The minimum atomic E-state index is -1.46. The van der Waals surface area contributed by atoms with Crippen LogP contribution >= 0.6 is 0 Å². The van der Waals surface area contributed by atoms with E-state index in [-0.39, 0.29) is 12.2 Å². The number of aromatic amines is 1. The first kappa shape index (κ1) is 23.7. The number of esters is 2. The lowest BCUT2D eigenvalue weighted by Gasteiger charge is -2.38. The topological polar surface area (TPSA) is 126 Å². The largest absolute Gasteiger partial charge is 0.453 e. The summed E-state index contributed by atoms with van der Waals surface area (Å²) in [5, 5.41) is 0. The van der Waals surface area contributed by atoms with Crippen molar-refractivity contribution < 1.29 is 28.5 Å². The molecule has 0 unspecified atom stereocenters. The first-order valence-electron chi connectivity index (χ1n) is 10.9. The molecule has 2 aliphatic rings. The molecule has 0 spiro atoms. The first-order chi connectivity index (χ1) is 16.2. The Hall–Kier alpha value is -3.50. The molecule has 0 radical (unpaired) electrons. The van der Waals surface area contributed by atoms with Crippen LogP contribution in [0.25, 0.3) is 0 Å². The predicted octanol–water partition coefficient (Wildman–Crippen LogP) is 1.38. The number of H-pyrrole nitrogens is 1. The van der Waals surface area contributed by atoms with Crippen molar-refractivity contribution in [2.45, 2.75) is 51.4 Å². The number of carbonyl (C=O) groups is 2. The molecule has 10 nitrogen and oxygen atoms in total. The van der Waals surface area contributed by atoms with Gasteiger partial charge in [0.15, 0.2) is 17.9 Å². The Labute approximate surface area is 195 Å². The van der Waals surface area contributed by atoms with Gasteiger partial charge < -0.3 is 18.9 Å². The second kappa shape index (κ2) is 9.40. The molecule has 2 aromatic rings. The van der Waals surface area contributed by atoms with Crippen molar-refractivity contribution in [3.05, 3.63) is 80.6 Å². The number of ether oxygens (including phenoxy) is 4. The standard InChI is InChI=1S/C24H26N2O8/c1-14-11-26(23(30)25-21(14)29)22-20(32-15(2)27)24(34-16(3)28)18(9-10-19(24)33-22)13-31-12-17-7-5-4-6-8-17/h4-11,18-20,22H,12-13H2,1-3H3,(H,25,29,30)/t18-,19-,20+,22-,24-/m1/s1. The lowest BCUT2D eigenvalue weighted by molar-refractivity contribution is -0.191. The van der Waals surface area contributed by atoms with Crippen molar-refractivity contribution in [3.63, 3.8) is 0 Å². The number of rotatable bonds is 7. The quantitative estimate of drug-likeness (QED) is 0.475. The molecule has 1 aliphatic carbocycles. The minimum absolute atomic E-state index is 0.141. The van der Waals surface area contributed by atoms with Gasteiger partial charge in [-0.1, -0.05) is 42.5 Å². The second-order valence-electron chi connectivity index (χ2n) is 8.40. The summed E-state index contributed by atoms with van der Waals surface area (Å²) < 4.78 is 24.6. The van der Waals surface area contributed by atoms with Crippen LogP contribution in [-0.2, 0) is 35.1 Å². The third kappa shape index (κ3) is 4.34. The second-order valence-corrected chi connectivity index (χ2v) is 8.40. The van der Waals surface area contributed by atoms with Gasteiger partial charge in [0.05, 0.1) is 13.2 Å². The molecule has 1 aliphatic heterocycles. The molecule has 10 heteroatoms. The maximum Gasteiger partial charge on any atom is 0.330 e. The summed E-state index contributed by atoms with van der Waals surface area (Å²) in [6, 6.07) is 9.57. The van der Waals surface area contributed by atoms with E-state index in [1.165, 1.54) is 27.0 Å². The lowest BCUT2D eigenvalue weighted by atomic mass is 9.84. The molecule has 1 fully saturated rings. The third-order valence-corrected chi connectivity index (χ3v) is 5.97. The molecule has 0 amide bonds. The number of benzene rings is 1. The maximum atomic E-state index is 12.6. The fraction of sp³-hybridized carbons (Fsp3) is 0.417. The van der Waals surface area contributed by atoms with Crippen LogP contribution < -0.4 is 11.2 Å². The molecular formula is C24H26N2O8. The van der Waals surface area contributed by atoms with Gasteiger partial charge in [-0.15, -0.1) is 0 Å². The van der Waals surface area contributed by atoms with Crippen molar-refractivity contribution >= 4 is 11.9 Å². The van der Waals surface area contributed by atoms with E-state index in [9.17, 15) is 19.2 Å². The summed E-state index contributed by atoms with van der Waals surface area (Å²) >= 11 is 0. The van der Waals surface area contributed by atoms with Gasteiger partial charge in [-0.25, -0.2) is 4.79 Å². The number of aryl methyl sites for hydroxylation is 1. The maximum absolute atomic E-state index is 12.6. The zero-order valence-corrected chi connectivity index (χ0v) is 19.1. The van der Waals surface area contributed by atoms with Gasteiger partial charge in [0, 0.05) is 31.5 Å². The molecule has 4 rings (SSSR count). The van der Waals surface area contributed by atoms with E-state index in [2.05, 4.69) is 4.98 Å². The van der Waals surface area contributed by atoms with Crippen LogP contribution in [0.4, 0.5) is 0 Å². The Morgan fingerprint density at radius 1 is 1.12 bits per heavy atom. The first-order valence-corrected chi connectivity index (χ1v) is 10.9. The molecule has 1 saturated heterocycles. The van der Waals surface area contributed by atoms with Crippen molar-refractivity contribution in [2.75, 3.05) is 6.61 Å². The van der Waals surface area contributed by atoms with Gasteiger partial charge in [0.25, 0.3) is 5.56 Å². The zero-order valence-electron chi connectivity index (χ0n) is 19.1. The summed E-state index contributed by atoms with van der Waals surface area (Å²) in [6.07, 6.45) is 1.71. The summed E-state index contributed by atoms with van der Waals surface area (Å²) in [5.74, 6) is -1.77. The molecule has 0 saturated carbocycles. The van der Waals surface area contributed by atoms with Crippen molar-refractivity contribution in [3.8, 4) is 0 Å². The van der Waals surface area contributed by atoms with Crippen molar-refractivity contribution in [1.82, 2.24) is 9.55 Å². The minimum Gasteiger partial charge on any atom is -0.453 e. The lowest BCUT2D eigenvalue weighted by Crippen LogP contribution is -2.56. The van der Waals surface area contributed by atoms with E-state index in [1.54, 1.807) is 12.2 Å². The van der Waals surface area contributed by atoms with Gasteiger partial charge in [-0.2, -0.15) is 0 Å². The molecule has 1 aromatic carbocycles. The molecule has 5 atom stereocenters. The van der Waals surface area contributed by atoms with E-state index in [1.807, 2.05) is 30.3 Å². The van der Waals surface area contributed by atoms with Gasteiger partial charge >= 0.3 is 17.6 Å².